The van der Waals surface area contributed by atoms with Crippen LogP contribution in [-0.4, -0.2) is 187 Å². The molecule has 13 heterocycles. The van der Waals surface area contributed by atoms with Gasteiger partial charge in [0.2, 0.25) is 0 Å². The number of ether oxygens (including phenoxy) is 9. The number of methoxy groups -OCH3 is 8. The minimum atomic E-state index is -0.864. The zero-order valence-electron chi connectivity index (χ0n) is 71.2. The van der Waals surface area contributed by atoms with Crippen LogP contribution in [0.4, 0.5) is 22.7 Å². The molecule has 4 aromatic carbocycles. The molecule has 3 N–H and O–H groups in total. The molecular formula is C88H94N10O23S6. The van der Waals surface area contributed by atoms with E-state index in [1.807, 2.05) is 63.7 Å². The topological polar surface area (TPSA) is 402 Å². The van der Waals surface area contributed by atoms with E-state index in [0.29, 0.717) is 55.0 Å². The number of rotatable bonds is 19. The summed E-state index contributed by atoms with van der Waals surface area (Å²) in [6.07, 6.45) is 9.04. The van der Waals surface area contributed by atoms with Gasteiger partial charge in [0.25, 0.3) is 40.7 Å². The Labute approximate surface area is 754 Å². The molecular weight excluding hydrogens is 1760 g/mol. The third-order valence-corrected chi connectivity index (χ3v) is 28.3. The molecule has 0 unspecified atom stereocenters. The summed E-state index contributed by atoms with van der Waals surface area (Å²) < 4.78 is 46.2. The highest BCUT2D eigenvalue weighted by molar-refractivity contribution is 7.11. The number of hydrogen-bond acceptors (Lipinski definition) is 32. The second-order valence-electron chi connectivity index (χ2n) is 29.6. The van der Waals surface area contributed by atoms with Gasteiger partial charge in [0, 0.05) is 150 Å². The van der Waals surface area contributed by atoms with E-state index in [0.717, 1.165) is 89.5 Å². The van der Waals surface area contributed by atoms with Crippen LogP contribution in [0.3, 0.4) is 0 Å². The van der Waals surface area contributed by atoms with Gasteiger partial charge in [-0.15, -0.1) is 68.0 Å². The monoisotopic (exact) mass is 1850 g/mol. The number of aliphatic hydroxyl groups excluding tert-OH is 1. The van der Waals surface area contributed by atoms with E-state index in [1.165, 1.54) is 144 Å². The molecule has 6 atom stereocenters. The average Bonchev–Trinajstić information content (AvgIpc) is 1.42. The van der Waals surface area contributed by atoms with E-state index in [2.05, 4.69) is 56.9 Å². The maximum absolute atomic E-state index is 13.3. The Balaban J connectivity index is 0.000000142. The van der Waals surface area contributed by atoms with Crippen LogP contribution in [0.2, 0.25) is 0 Å². The number of carbonyl (C=O) groups is 7. The lowest BCUT2D eigenvalue weighted by Gasteiger charge is -2.35. The van der Waals surface area contributed by atoms with Gasteiger partial charge in [-0.3, -0.25) is 59.3 Å². The third-order valence-electron chi connectivity index (χ3n) is 22.4. The first-order chi connectivity index (χ1) is 61.3. The Morgan fingerprint density at radius 2 is 0.866 bits per heavy atom. The zero-order valence-corrected chi connectivity index (χ0v) is 76.1. The highest BCUT2D eigenvalue weighted by Gasteiger charge is 2.42. The van der Waals surface area contributed by atoms with E-state index in [4.69, 9.17) is 47.7 Å². The Kier molecular flexibility index (Phi) is 31.8. The predicted octanol–water partition coefficient (Wildman–Crippen LogP) is 14.4. The van der Waals surface area contributed by atoms with Gasteiger partial charge in [0.05, 0.1) is 120 Å². The van der Waals surface area contributed by atoms with Crippen LogP contribution in [0.15, 0.2) is 122 Å². The van der Waals surface area contributed by atoms with Gasteiger partial charge in [-0.25, -0.2) is 4.79 Å². The number of nitro benzene ring substituents is 3. The number of aliphatic imine (C=N–C) groups is 1. The van der Waals surface area contributed by atoms with Crippen LogP contribution in [-0.2, 0) is 96.9 Å². The van der Waals surface area contributed by atoms with Gasteiger partial charge < -0.3 is 82.8 Å². The van der Waals surface area contributed by atoms with Crippen molar-refractivity contribution in [2.45, 2.75) is 148 Å². The van der Waals surface area contributed by atoms with Crippen molar-refractivity contribution in [3.05, 3.63) is 232 Å². The molecule has 33 nitrogen and oxygen atoms in total. The quantitative estimate of drug-likeness (QED) is 0.0222. The molecule has 10 aromatic rings. The highest BCUT2D eigenvalue weighted by Crippen LogP contribution is 2.44. The highest BCUT2D eigenvalue weighted by atomic mass is 32.1. The number of esters is 2. The summed E-state index contributed by atoms with van der Waals surface area (Å²) >= 11 is 10.1. The van der Waals surface area contributed by atoms with Crippen molar-refractivity contribution in [1.29, 1.82) is 0 Å². The van der Waals surface area contributed by atoms with Crippen molar-refractivity contribution in [3.63, 3.8) is 0 Å². The minimum Gasteiger partial charge on any atom is -0.493 e. The van der Waals surface area contributed by atoms with E-state index < -0.39 is 73.6 Å². The van der Waals surface area contributed by atoms with Crippen LogP contribution in [0.25, 0.3) is 0 Å². The van der Waals surface area contributed by atoms with Crippen LogP contribution < -0.4 is 48.5 Å². The molecule has 4 amide bonds. The maximum atomic E-state index is 13.3. The summed E-state index contributed by atoms with van der Waals surface area (Å²) in [7, 11) is 11.2. The lowest BCUT2D eigenvalue weighted by molar-refractivity contribution is -0.385. The number of fused-ring (bicyclic) bond motifs is 8. The lowest BCUT2D eigenvalue weighted by atomic mass is 9.98. The molecule has 7 aliphatic heterocycles. The van der Waals surface area contributed by atoms with E-state index in [1.54, 1.807) is 70.1 Å². The first kappa shape index (κ1) is 94.1. The Hall–Kier alpha value is -12.1. The van der Waals surface area contributed by atoms with Gasteiger partial charge in [0.1, 0.15) is 29.0 Å². The molecule has 0 bridgehead atoms. The number of nitrogens with zero attached hydrogens (tertiary/aromatic N) is 8. The Bertz CT molecular complexity index is 5700. The van der Waals surface area contributed by atoms with Crippen molar-refractivity contribution in [2.24, 2.45) is 4.99 Å². The molecule has 0 saturated heterocycles. The molecule has 0 spiro atoms. The summed E-state index contributed by atoms with van der Waals surface area (Å²) in [4.78, 5) is 139. The number of amides is 4. The van der Waals surface area contributed by atoms with Crippen molar-refractivity contribution >= 4 is 139 Å². The van der Waals surface area contributed by atoms with Gasteiger partial charge in [-0.2, -0.15) is 0 Å². The molecule has 0 radical (unpaired) electrons. The number of nitrogens with one attached hydrogen (secondary N) is 2. The third kappa shape index (κ3) is 21.3. The Morgan fingerprint density at radius 3 is 1.32 bits per heavy atom. The number of aldehydes is 1. The predicted molar refractivity (Wildman–Crippen MR) is 481 cm³/mol. The van der Waals surface area contributed by atoms with Crippen LogP contribution >= 0.6 is 68.0 Å². The molecule has 0 aliphatic carbocycles. The number of benzene rings is 4. The number of nitro groups is 3. The van der Waals surface area contributed by atoms with Crippen molar-refractivity contribution in [2.75, 3.05) is 63.5 Å². The van der Waals surface area contributed by atoms with Crippen molar-refractivity contribution in [1.82, 2.24) is 30.2 Å². The molecule has 39 heteroatoms. The van der Waals surface area contributed by atoms with Gasteiger partial charge >= 0.3 is 11.9 Å². The largest absolute Gasteiger partial charge is 0.493 e. The normalized spacial score (nSPS) is 17.6. The average molecular weight is 1850 g/mol. The summed E-state index contributed by atoms with van der Waals surface area (Å²) in [6, 6.07) is 22.3. The maximum Gasteiger partial charge on any atom is 0.328 e. The van der Waals surface area contributed by atoms with Gasteiger partial charge in [0.15, 0.2) is 46.0 Å². The minimum absolute atomic E-state index is 0.00182. The molecule has 127 heavy (non-hydrogen) atoms. The van der Waals surface area contributed by atoms with E-state index in [9.17, 15) is 63.9 Å². The SMILES string of the molecule is CC[C@@H]1Cc2sccc2CN1.CC[C@@H]1Cc2sccc2CN1C(=O)c1cc(OC)c(OC(C)=O)cc1[N+](=O)[O-].COC(=O)[C@@H]1Cc2sccc2CN1C(=O)c1cc(OC)c(OC)cc1[N+](=O)[O-].COc1cc(C(=O)N2Cc3ccsc3C[C@H]2C=O)c([N+](=O)[O-])cc1OC.COc1cc2c(cc1OC)C(=O)N1Cc3ccsc3C[C@H]1C=N2.OC[C@@H]1Cc2sccc2CN1. The molecule has 6 aromatic heterocycles. The van der Waals surface area contributed by atoms with Gasteiger partial charge in [-0.1, -0.05) is 13.8 Å². The first-order valence-electron chi connectivity index (χ1n) is 40.1. The number of hydrogen-bond donors (Lipinski definition) is 3. The van der Waals surface area contributed by atoms with Gasteiger partial charge in [-0.05, 0) is 134 Å². The van der Waals surface area contributed by atoms with Crippen molar-refractivity contribution in [3.8, 4) is 46.0 Å². The zero-order chi connectivity index (χ0) is 91.0. The smallest absolute Gasteiger partial charge is 0.328 e. The fourth-order valence-corrected chi connectivity index (χ4v) is 21.3. The second-order valence-corrected chi connectivity index (χ2v) is 35.6. The molecule has 670 valence electrons. The second kappa shape index (κ2) is 42.9. The van der Waals surface area contributed by atoms with Crippen LogP contribution in [0.1, 0.15) is 138 Å². The fourth-order valence-electron chi connectivity index (χ4n) is 15.5. The summed E-state index contributed by atoms with van der Waals surface area (Å²) in [6.45, 7) is 9.08. The van der Waals surface area contributed by atoms with Crippen molar-refractivity contribution < 1.29 is 96.1 Å². The Morgan fingerprint density at radius 1 is 0.480 bits per heavy atom. The van der Waals surface area contributed by atoms with Crippen LogP contribution in [0, 0.1) is 30.3 Å². The van der Waals surface area contributed by atoms with Crippen LogP contribution in [0.5, 0.6) is 46.0 Å². The van der Waals surface area contributed by atoms with E-state index in [-0.39, 0.29) is 94.9 Å². The lowest BCUT2D eigenvalue weighted by Crippen LogP contribution is -2.48. The number of thiophene rings is 6. The summed E-state index contributed by atoms with van der Waals surface area (Å²) in [5.74, 6) is -1.12. The summed E-state index contributed by atoms with van der Waals surface area (Å²) in [5.41, 5.74) is 6.59. The molecule has 17 rings (SSSR count). The summed E-state index contributed by atoms with van der Waals surface area (Å²) in [5, 5.41) is 62.5. The number of aliphatic hydroxyl groups is 1. The fraction of sp³-hybridized carbons (Fsp3) is 0.364. The van der Waals surface area contributed by atoms with E-state index >= 15 is 0 Å². The molecule has 0 fully saturated rings. The standard InChI is InChI=1S/C19H20N2O6S.C18H18N2O7S.C17H16N2O6S.C17H16N2O3S.C9H13NS.C8H11NOS/c1-4-13-7-18-12(5-6-28-18)10-20(13)19(23)14-8-16(26-3)17(27-11(2)22)9-15(14)21(24)25;1-25-14-6-11(12(20(23)24)7-15(14)26-2)17(21)19-9-10-4-5-28-16(10)8-13(19)18(22)27-3;1-24-14-6-12(13(19(22)23)7-15(14)25-2)17(21)18-8-10-3-4-26-16(10)5-11(18)9-20;1-21-14-6-12-13(7-15(14)22-2)18-8-11-5-16-10(3-4-23-16)9-19(11)17(12)20;1-2-8-5-9-7(6-10-8)3-4-11-9;10-5-7-3-8-6(4-9-7)1-2-11-8/h5-6,8-9,13H,4,7,10H2,1-3H3;4-7,13H,8-9H2,1-3H3;3-4,6-7,9,11H,5,8H2,1-2H3;3-4,6-8,11H,5,9H2,1-2H3;3-4,8,10H,2,5-6H2,1H3;1-2,7,9-10H,3-5H2/t2*13-;2*11-;8-;7-/m100010/s1. The molecule has 0 saturated carbocycles. The first-order valence-corrected chi connectivity index (χ1v) is 45.4. The number of carbonyl (C=O) groups excluding carboxylic acids is 7. The molecule has 7 aliphatic rings.